The molecule has 0 amide bonds. The third-order valence-electron chi connectivity index (χ3n) is 2.31. The Morgan fingerprint density at radius 1 is 1.22 bits per heavy atom. The van der Waals surface area contributed by atoms with Gasteiger partial charge in [0.15, 0.2) is 5.16 Å². The first kappa shape index (κ1) is 14.5. The van der Waals surface area contributed by atoms with Gasteiger partial charge in [-0.1, -0.05) is 18.7 Å². The Balaban J connectivity index is 2.75. The van der Waals surface area contributed by atoms with Crippen LogP contribution in [0.2, 0.25) is 0 Å². The molecule has 0 bridgehead atoms. The minimum absolute atomic E-state index is 0.0259. The number of hydrogen-bond donors (Lipinski definition) is 2. The summed E-state index contributed by atoms with van der Waals surface area (Å²) >= 11 is 1.46. The fraction of sp³-hybridized carbons (Fsp3) is 0.636. The van der Waals surface area contributed by atoms with E-state index in [0.717, 1.165) is 13.0 Å². The van der Waals surface area contributed by atoms with Crippen molar-refractivity contribution in [2.75, 3.05) is 30.0 Å². The lowest BCUT2D eigenvalue weighted by Crippen LogP contribution is -2.15. The number of aromatic nitrogens is 3. The summed E-state index contributed by atoms with van der Waals surface area (Å²) < 4.78 is 0. The van der Waals surface area contributed by atoms with Crippen LogP contribution in [0.15, 0.2) is 5.16 Å². The van der Waals surface area contributed by atoms with Gasteiger partial charge in [-0.05, 0) is 19.6 Å². The van der Waals surface area contributed by atoms with Crippen LogP contribution in [-0.4, -0.2) is 34.3 Å². The monoisotopic (exact) mass is 266 g/mol. The van der Waals surface area contributed by atoms with E-state index < -0.39 is 0 Å². The van der Waals surface area contributed by atoms with Crippen molar-refractivity contribution in [3.8, 4) is 6.07 Å². The Morgan fingerprint density at radius 2 is 1.89 bits per heavy atom. The zero-order chi connectivity index (χ0) is 13.4. The average molecular weight is 266 g/mol. The van der Waals surface area contributed by atoms with Crippen molar-refractivity contribution in [2.24, 2.45) is 5.92 Å². The van der Waals surface area contributed by atoms with E-state index >= 15 is 0 Å². The Bertz CT molecular complexity index is 416. The minimum atomic E-state index is -0.0259. The first-order valence-electron chi connectivity index (χ1n) is 5.90. The predicted octanol–water partition coefficient (Wildman–Crippen LogP) is 1.99. The highest BCUT2D eigenvalue weighted by atomic mass is 32.2. The summed E-state index contributed by atoms with van der Waals surface area (Å²) in [5.41, 5.74) is 0. The number of thioether (sulfide) groups is 1. The van der Waals surface area contributed by atoms with Crippen molar-refractivity contribution >= 4 is 23.7 Å². The summed E-state index contributed by atoms with van der Waals surface area (Å²) in [6.45, 7) is 5.28. The second-order valence-corrected chi connectivity index (χ2v) is 4.39. The third-order valence-corrected chi connectivity index (χ3v) is 2.86. The number of rotatable bonds is 7. The Kier molecular flexibility index (Phi) is 6.22. The van der Waals surface area contributed by atoms with Crippen LogP contribution in [-0.2, 0) is 0 Å². The van der Waals surface area contributed by atoms with E-state index in [2.05, 4.69) is 31.7 Å². The van der Waals surface area contributed by atoms with Crippen LogP contribution in [0.4, 0.5) is 11.9 Å². The molecule has 0 saturated carbocycles. The maximum absolute atomic E-state index is 8.88. The smallest absolute Gasteiger partial charge is 0.228 e. The van der Waals surface area contributed by atoms with Gasteiger partial charge in [0.25, 0.3) is 0 Å². The van der Waals surface area contributed by atoms with Crippen molar-refractivity contribution in [2.45, 2.75) is 25.4 Å². The normalized spacial score (nSPS) is 11.7. The van der Waals surface area contributed by atoms with Crippen molar-refractivity contribution in [3.63, 3.8) is 0 Å². The standard InChI is InChI=1S/C11H18N6S/c1-4-8(6-12)7-14-10-15-9(13-5-2)16-11(17-10)18-3/h8H,4-5,7H2,1-3H3,(H2,13,14,15,16,17). The summed E-state index contributed by atoms with van der Waals surface area (Å²) in [4.78, 5) is 12.7. The van der Waals surface area contributed by atoms with Crippen LogP contribution in [0.1, 0.15) is 20.3 Å². The van der Waals surface area contributed by atoms with Crippen LogP contribution in [0, 0.1) is 17.2 Å². The van der Waals surface area contributed by atoms with Gasteiger partial charge < -0.3 is 10.6 Å². The van der Waals surface area contributed by atoms with E-state index in [1.54, 1.807) is 0 Å². The van der Waals surface area contributed by atoms with Gasteiger partial charge in [-0.3, -0.25) is 0 Å². The molecule has 0 fully saturated rings. The molecule has 7 heteroatoms. The van der Waals surface area contributed by atoms with Gasteiger partial charge in [0.2, 0.25) is 11.9 Å². The molecule has 1 aromatic rings. The second kappa shape index (κ2) is 7.71. The Morgan fingerprint density at radius 3 is 2.39 bits per heavy atom. The van der Waals surface area contributed by atoms with E-state index in [-0.39, 0.29) is 5.92 Å². The highest BCUT2D eigenvalue weighted by Gasteiger charge is 2.08. The molecule has 1 aromatic heterocycles. The molecule has 0 aliphatic carbocycles. The lowest BCUT2D eigenvalue weighted by molar-refractivity contribution is 0.669. The van der Waals surface area contributed by atoms with Gasteiger partial charge in [0.1, 0.15) is 0 Å². The zero-order valence-corrected chi connectivity index (χ0v) is 11.7. The van der Waals surface area contributed by atoms with Gasteiger partial charge in [-0.2, -0.15) is 20.2 Å². The molecule has 0 saturated heterocycles. The molecule has 6 nitrogen and oxygen atoms in total. The summed E-state index contributed by atoms with van der Waals surface area (Å²) in [5.74, 6) is 1.05. The van der Waals surface area contributed by atoms with Crippen molar-refractivity contribution < 1.29 is 0 Å². The molecular weight excluding hydrogens is 248 g/mol. The highest BCUT2D eigenvalue weighted by Crippen LogP contribution is 2.14. The van der Waals surface area contributed by atoms with E-state index in [1.165, 1.54) is 11.8 Å². The van der Waals surface area contributed by atoms with Crippen molar-refractivity contribution in [3.05, 3.63) is 0 Å². The molecule has 0 aromatic carbocycles. The van der Waals surface area contributed by atoms with Crippen LogP contribution in [0.3, 0.4) is 0 Å². The topological polar surface area (TPSA) is 86.5 Å². The minimum Gasteiger partial charge on any atom is -0.354 e. The Hall–Kier alpha value is -1.55. The Labute approximate surface area is 112 Å². The maximum atomic E-state index is 8.88. The SMILES string of the molecule is CCNc1nc(NCC(C#N)CC)nc(SC)n1. The van der Waals surface area contributed by atoms with Gasteiger partial charge >= 0.3 is 0 Å². The zero-order valence-electron chi connectivity index (χ0n) is 10.9. The average Bonchev–Trinajstić information content (AvgIpc) is 2.40. The fourth-order valence-corrected chi connectivity index (χ4v) is 1.62. The van der Waals surface area contributed by atoms with E-state index in [4.69, 9.17) is 5.26 Å². The summed E-state index contributed by atoms with van der Waals surface area (Å²) in [7, 11) is 0. The van der Waals surface area contributed by atoms with E-state index in [0.29, 0.717) is 23.6 Å². The quantitative estimate of drug-likeness (QED) is 0.730. The molecule has 1 unspecified atom stereocenters. The molecule has 98 valence electrons. The van der Waals surface area contributed by atoms with Gasteiger partial charge in [0.05, 0.1) is 12.0 Å². The number of hydrogen-bond acceptors (Lipinski definition) is 7. The number of anilines is 2. The molecule has 2 N–H and O–H groups in total. The van der Waals surface area contributed by atoms with Crippen LogP contribution >= 0.6 is 11.8 Å². The molecule has 0 aliphatic rings. The first-order valence-corrected chi connectivity index (χ1v) is 7.13. The molecule has 18 heavy (non-hydrogen) atoms. The molecule has 0 aliphatic heterocycles. The molecule has 1 rings (SSSR count). The van der Waals surface area contributed by atoms with Gasteiger partial charge in [-0.25, -0.2) is 0 Å². The summed E-state index contributed by atoms with van der Waals surface area (Å²) in [6, 6.07) is 2.24. The van der Waals surface area contributed by atoms with Gasteiger partial charge in [-0.15, -0.1) is 0 Å². The molecular formula is C11H18N6S. The van der Waals surface area contributed by atoms with Crippen molar-refractivity contribution in [1.82, 2.24) is 15.0 Å². The van der Waals surface area contributed by atoms with Crippen molar-refractivity contribution in [1.29, 1.82) is 5.26 Å². The largest absolute Gasteiger partial charge is 0.354 e. The first-order chi connectivity index (χ1) is 8.73. The predicted molar refractivity (Wildman–Crippen MR) is 73.7 cm³/mol. The molecule has 1 atom stereocenters. The van der Waals surface area contributed by atoms with Crippen LogP contribution in [0.25, 0.3) is 0 Å². The fourth-order valence-electron chi connectivity index (χ4n) is 1.26. The number of nitrogens with one attached hydrogen (secondary N) is 2. The summed E-state index contributed by atoms with van der Waals surface area (Å²) in [6.07, 6.45) is 2.73. The highest BCUT2D eigenvalue weighted by molar-refractivity contribution is 7.98. The molecule has 0 radical (unpaired) electrons. The van der Waals surface area contributed by atoms with E-state index in [9.17, 15) is 0 Å². The molecule has 1 heterocycles. The number of nitrogens with zero attached hydrogens (tertiary/aromatic N) is 4. The lowest BCUT2D eigenvalue weighted by Gasteiger charge is -2.10. The third kappa shape index (κ3) is 4.37. The van der Waals surface area contributed by atoms with Crippen LogP contribution < -0.4 is 10.6 Å². The lowest BCUT2D eigenvalue weighted by atomic mass is 10.1. The second-order valence-electron chi connectivity index (χ2n) is 3.61. The molecule has 0 spiro atoms. The van der Waals surface area contributed by atoms with Gasteiger partial charge in [0, 0.05) is 13.1 Å². The maximum Gasteiger partial charge on any atom is 0.228 e. The van der Waals surface area contributed by atoms with E-state index in [1.807, 2.05) is 20.1 Å². The van der Waals surface area contributed by atoms with Crippen LogP contribution in [0.5, 0.6) is 0 Å². The number of nitriles is 1. The summed E-state index contributed by atoms with van der Waals surface area (Å²) in [5, 5.41) is 15.7.